The van der Waals surface area contributed by atoms with Crippen LogP contribution in [-0.2, 0) is 4.74 Å². The molecule has 0 radical (unpaired) electrons. The van der Waals surface area contributed by atoms with Crippen LogP contribution in [0.4, 0.5) is 0 Å². The van der Waals surface area contributed by atoms with Crippen LogP contribution >= 0.6 is 0 Å². The summed E-state index contributed by atoms with van der Waals surface area (Å²) in [6.45, 7) is 2.21. The summed E-state index contributed by atoms with van der Waals surface area (Å²) in [5, 5.41) is 25.3. The van der Waals surface area contributed by atoms with Crippen LogP contribution < -0.4 is 5.46 Å². The number of hydrogen-bond donors (Lipinski definition) is 3. The monoisotopic (exact) mass is 193 g/mol. The Morgan fingerprint density at radius 3 is 2.79 bits per heavy atom. The van der Waals surface area contributed by atoms with Crippen LogP contribution in [0.2, 0.25) is 0 Å². The first kappa shape index (κ1) is 10.8. The molecule has 0 aliphatic heterocycles. The summed E-state index contributed by atoms with van der Waals surface area (Å²) in [7, 11) is -1.51. The fourth-order valence-electron chi connectivity index (χ4n) is 1.07. The van der Waals surface area contributed by atoms with E-state index in [1.807, 2.05) is 0 Å². The molecule has 1 aromatic carbocycles. The van der Waals surface area contributed by atoms with E-state index in [0.717, 1.165) is 0 Å². The van der Waals surface area contributed by atoms with E-state index in [1.54, 1.807) is 25.1 Å². The summed E-state index contributed by atoms with van der Waals surface area (Å²) in [6.07, 6.45) is 0. The second-order valence-corrected chi connectivity index (χ2v) is 2.76. The molecule has 74 valence electrons. The maximum absolute atomic E-state index is 8.90. The average molecular weight is 193 g/mol. The van der Waals surface area contributed by atoms with Gasteiger partial charge in [-0.3, -0.25) is 5.41 Å². The van der Waals surface area contributed by atoms with E-state index in [4.69, 9.17) is 20.2 Å². The first-order valence-corrected chi connectivity index (χ1v) is 4.33. The molecule has 5 heteroatoms. The summed E-state index contributed by atoms with van der Waals surface area (Å²) in [5.74, 6) is 0.0370. The maximum atomic E-state index is 8.90. The van der Waals surface area contributed by atoms with Crippen molar-refractivity contribution in [3.63, 3.8) is 0 Å². The molecule has 0 atom stereocenters. The summed E-state index contributed by atoms with van der Waals surface area (Å²) in [6, 6.07) is 6.43. The first-order chi connectivity index (χ1) is 6.65. The summed E-state index contributed by atoms with van der Waals surface area (Å²) >= 11 is 0. The lowest BCUT2D eigenvalue weighted by Crippen LogP contribution is -2.30. The van der Waals surface area contributed by atoms with Crippen molar-refractivity contribution in [2.75, 3.05) is 6.61 Å². The van der Waals surface area contributed by atoms with Crippen LogP contribution in [-0.4, -0.2) is 29.7 Å². The van der Waals surface area contributed by atoms with Crippen LogP contribution in [0.3, 0.4) is 0 Å². The van der Waals surface area contributed by atoms with Crippen molar-refractivity contribution in [1.29, 1.82) is 5.41 Å². The Morgan fingerprint density at radius 1 is 1.50 bits per heavy atom. The smallest absolute Gasteiger partial charge is 0.478 e. The second-order valence-electron chi connectivity index (χ2n) is 2.76. The Balaban J connectivity index is 2.88. The van der Waals surface area contributed by atoms with Crippen molar-refractivity contribution in [2.45, 2.75) is 6.92 Å². The number of benzene rings is 1. The van der Waals surface area contributed by atoms with Crippen molar-refractivity contribution in [1.82, 2.24) is 0 Å². The zero-order chi connectivity index (χ0) is 10.6. The predicted octanol–water partition coefficient (Wildman–Crippen LogP) is -0.272. The van der Waals surface area contributed by atoms with E-state index in [1.165, 1.54) is 6.07 Å². The van der Waals surface area contributed by atoms with Gasteiger partial charge in [0.15, 0.2) is 0 Å². The second kappa shape index (κ2) is 4.78. The highest BCUT2D eigenvalue weighted by Crippen LogP contribution is 1.99. The van der Waals surface area contributed by atoms with E-state index >= 15 is 0 Å². The van der Waals surface area contributed by atoms with E-state index in [2.05, 4.69) is 0 Å². The summed E-state index contributed by atoms with van der Waals surface area (Å²) < 4.78 is 4.98. The van der Waals surface area contributed by atoms with Gasteiger partial charge >= 0.3 is 7.12 Å². The number of nitrogens with one attached hydrogen (secondary N) is 1. The zero-order valence-corrected chi connectivity index (χ0v) is 7.90. The van der Waals surface area contributed by atoms with Crippen LogP contribution in [0.15, 0.2) is 24.3 Å². The SMILES string of the molecule is CCOC(=N)c1cccc(B(O)O)c1. The minimum atomic E-state index is -1.51. The Bertz CT molecular complexity index is 328. The average Bonchev–Trinajstić information content (AvgIpc) is 2.18. The maximum Gasteiger partial charge on any atom is 0.488 e. The quantitative estimate of drug-likeness (QED) is 0.351. The van der Waals surface area contributed by atoms with Crippen molar-refractivity contribution >= 4 is 18.5 Å². The highest BCUT2D eigenvalue weighted by molar-refractivity contribution is 6.58. The van der Waals surface area contributed by atoms with Gasteiger partial charge in [-0.05, 0) is 24.5 Å². The van der Waals surface area contributed by atoms with Gasteiger partial charge in [0.1, 0.15) is 0 Å². The number of ether oxygens (including phenoxy) is 1. The molecule has 0 heterocycles. The third-order valence-corrected chi connectivity index (χ3v) is 1.74. The molecular weight excluding hydrogens is 181 g/mol. The Hall–Kier alpha value is -1.33. The molecule has 1 aromatic rings. The van der Waals surface area contributed by atoms with Crippen molar-refractivity contribution < 1.29 is 14.8 Å². The van der Waals surface area contributed by atoms with Gasteiger partial charge in [0.2, 0.25) is 5.90 Å². The predicted molar refractivity (Wildman–Crippen MR) is 54.7 cm³/mol. The normalized spacial score (nSPS) is 9.64. The van der Waals surface area contributed by atoms with E-state index in [9.17, 15) is 0 Å². The fourth-order valence-corrected chi connectivity index (χ4v) is 1.07. The van der Waals surface area contributed by atoms with Crippen LogP contribution in [0, 0.1) is 5.41 Å². The standard InChI is InChI=1S/C9H12BNO3/c1-2-14-9(11)7-4-3-5-8(6-7)10(12)13/h3-6,11-13H,2H2,1H3. The molecule has 0 unspecified atom stereocenters. The molecule has 0 aromatic heterocycles. The van der Waals surface area contributed by atoms with Gasteiger partial charge in [-0.1, -0.05) is 12.1 Å². The molecule has 0 amide bonds. The highest BCUT2D eigenvalue weighted by Gasteiger charge is 2.12. The van der Waals surface area contributed by atoms with Gasteiger partial charge in [0.05, 0.1) is 6.61 Å². The van der Waals surface area contributed by atoms with E-state index in [-0.39, 0.29) is 5.90 Å². The molecule has 0 saturated heterocycles. The molecule has 0 fully saturated rings. The van der Waals surface area contributed by atoms with E-state index in [0.29, 0.717) is 17.6 Å². The minimum absolute atomic E-state index is 0.0370. The van der Waals surface area contributed by atoms with Crippen LogP contribution in [0.5, 0.6) is 0 Å². The van der Waals surface area contributed by atoms with Gasteiger partial charge in [0, 0.05) is 5.56 Å². The Kier molecular flexibility index (Phi) is 3.68. The molecule has 0 aliphatic rings. The van der Waals surface area contributed by atoms with Crippen molar-refractivity contribution in [2.24, 2.45) is 0 Å². The van der Waals surface area contributed by atoms with Gasteiger partial charge < -0.3 is 14.8 Å². The third kappa shape index (κ3) is 2.58. The van der Waals surface area contributed by atoms with Crippen LogP contribution in [0.1, 0.15) is 12.5 Å². The highest BCUT2D eigenvalue weighted by atomic mass is 16.5. The van der Waals surface area contributed by atoms with Gasteiger partial charge in [-0.25, -0.2) is 0 Å². The topological polar surface area (TPSA) is 73.5 Å². The lowest BCUT2D eigenvalue weighted by atomic mass is 9.79. The first-order valence-electron chi connectivity index (χ1n) is 4.33. The summed E-state index contributed by atoms with van der Waals surface area (Å²) in [4.78, 5) is 0. The molecule has 4 nitrogen and oxygen atoms in total. The zero-order valence-electron chi connectivity index (χ0n) is 7.90. The number of hydrogen-bond acceptors (Lipinski definition) is 4. The van der Waals surface area contributed by atoms with E-state index < -0.39 is 7.12 Å². The summed E-state index contributed by atoms with van der Waals surface area (Å²) in [5.41, 5.74) is 0.893. The molecule has 3 N–H and O–H groups in total. The van der Waals surface area contributed by atoms with Crippen LogP contribution in [0.25, 0.3) is 0 Å². The molecule has 0 spiro atoms. The minimum Gasteiger partial charge on any atom is -0.478 e. The fraction of sp³-hybridized carbons (Fsp3) is 0.222. The molecule has 0 bridgehead atoms. The van der Waals surface area contributed by atoms with Crippen molar-refractivity contribution in [3.8, 4) is 0 Å². The molecule has 1 rings (SSSR count). The largest absolute Gasteiger partial charge is 0.488 e. The molecule has 0 saturated carbocycles. The third-order valence-electron chi connectivity index (χ3n) is 1.74. The Morgan fingerprint density at radius 2 is 2.21 bits per heavy atom. The lowest BCUT2D eigenvalue weighted by Gasteiger charge is -2.06. The Labute approximate surface area is 82.8 Å². The number of rotatable bonds is 3. The van der Waals surface area contributed by atoms with Gasteiger partial charge in [-0.15, -0.1) is 0 Å². The molecule has 0 aliphatic carbocycles. The van der Waals surface area contributed by atoms with Gasteiger partial charge in [-0.2, -0.15) is 0 Å². The lowest BCUT2D eigenvalue weighted by molar-refractivity contribution is 0.325. The van der Waals surface area contributed by atoms with Crippen molar-refractivity contribution in [3.05, 3.63) is 29.8 Å². The molecular formula is C9H12BNO3. The molecule has 14 heavy (non-hydrogen) atoms. The van der Waals surface area contributed by atoms with Gasteiger partial charge in [0.25, 0.3) is 0 Å².